The monoisotopic (exact) mass is 630 g/mol. The Hall–Kier alpha value is -6.59. The highest BCUT2D eigenvalue weighted by Gasteiger charge is 2.19. The van der Waals surface area contributed by atoms with E-state index in [-0.39, 0.29) is 5.56 Å². The molecule has 0 aliphatic rings. The lowest BCUT2D eigenvalue weighted by molar-refractivity contribution is 1.18. The van der Waals surface area contributed by atoms with E-state index in [1.165, 1.54) is 43.7 Å². The summed E-state index contributed by atoms with van der Waals surface area (Å²) in [5, 5.41) is 10.7. The lowest BCUT2D eigenvalue weighted by Gasteiger charge is -2.16. The van der Waals surface area contributed by atoms with Gasteiger partial charge in [-0.25, -0.2) is 0 Å². The SMILES string of the molecule is CNc1ccc(-n2c3ccccc3c3cc(-c4ccc5c(c4)c4ccccc4n5-c4ccccc4)ccc32)c2c1[nH]c(=O)c1ccccc12. The fourth-order valence-corrected chi connectivity index (χ4v) is 7.89. The third-order valence-electron chi connectivity index (χ3n) is 10.1. The maximum atomic E-state index is 13.2. The fraction of sp³-hybridized carbons (Fsp3) is 0.0227. The number of pyridine rings is 1. The fourth-order valence-electron chi connectivity index (χ4n) is 7.89. The van der Waals surface area contributed by atoms with Crippen LogP contribution in [-0.4, -0.2) is 21.2 Å². The standard InChI is InChI=1S/C44H30N4O/c1-45-36-21-24-41(42-32-15-5-6-16-33(32)44(49)46-43(36)42)48-38-18-10-8-14-31(38)35-26-28(20-23-40(35)48)27-19-22-39-34(25-27)30-13-7-9-17-37(30)47(39)29-11-3-2-4-12-29/h2-26,45H,1H3,(H,46,49). The molecule has 49 heavy (non-hydrogen) atoms. The molecule has 10 aromatic rings. The van der Waals surface area contributed by atoms with Crippen molar-refractivity contribution in [1.29, 1.82) is 0 Å². The van der Waals surface area contributed by atoms with Gasteiger partial charge in [0.1, 0.15) is 0 Å². The van der Waals surface area contributed by atoms with E-state index < -0.39 is 0 Å². The Labute approximate surface area is 281 Å². The molecule has 10 rings (SSSR count). The molecular formula is C44H30N4O. The lowest BCUT2D eigenvalue weighted by atomic mass is 10.0. The lowest BCUT2D eigenvalue weighted by Crippen LogP contribution is -2.09. The molecule has 7 aromatic carbocycles. The average Bonchev–Trinajstić information content (AvgIpc) is 3.67. The summed E-state index contributed by atoms with van der Waals surface area (Å²) in [4.78, 5) is 16.4. The minimum atomic E-state index is -0.0903. The van der Waals surface area contributed by atoms with Gasteiger partial charge in [0.05, 0.1) is 39.0 Å². The number of anilines is 1. The number of nitrogens with one attached hydrogen (secondary N) is 2. The van der Waals surface area contributed by atoms with Gasteiger partial charge in [-0.15, -0.1) is 0 Å². The first-order valence-electron chi connectivity index (χ1n) is 16.6. The normalized spacial score (nSPS) is 11.9. The van der Waals surface area contributed by atoms with E-state index in [4.69, 9.17) is 0 Å². The summed E-state index contributed by atoms with van der Waals surface area (Å²) in [7, 11) is 1.89. The van der Waals surface area contributed by atoms with E-state index in [0.29, 0.717) is 5.39 Å². The van der Waals surface area contributed by atoms with E-state index >= 15 is 0 Å². The van der Waals surface area contributed by atoms with Crippen molar-refractivity contribution in [3.8, 4) is 22.5 Å². The van der Waals surface area contributed by atoms with Crippen LogP contribution in [0.5, 0.6) is 0 Å². The number of aromatic nitrogens is 3. The van der Waals surface area contributed by atoms with E-state index in [9.17, 15) is 4.79 Å². The summed E-state index contributed by atoms with van der Waals surface area (Å²) in [5.74, 6) is 0. The molecule has 5 heteroatoms. The molecule has 3 aromatic heterocycles. The van der Waals surface area contributed by atoms with Crippen molar-refractivity contribution < 1.29 is 0 Å². The van der Waals surface area contributed by atoms with Crippen molar-refractivity contribution in [1.82, 2.24) is 14.1 Å². The number of H-pyrrole nitrogens is 1. The Bertz CT molecular complexity index is 3000. The maximum Gasteiger partial charge on any atom is 0.256 e. The average molecular weight is 631 g/mol. The first kappa shape index (κ1) is 27.5. The minimum absolute atomic E-state index is 0.0903. The van der Waals surface area contributed by atoms with Gasteiger partial charge in [-0.1, -0.05) is 84.9 Å². The number of benzene rings is 7. The summed E-state index contributed by atoms with van der Waals surface area (Å²) in [6.45, 7) is 0. The number of aromatic amines is 1. The molecule has 2 N–H and O–H groups in total. The highest BCUT2D eigenvalue weighted by atomic mass is 16.1. The Kier molecular flexibility index (Phi) is 5.87. The highest BCUT2D eigenvalue weighted by molar-refractivity contribution is 6.17. The zero-order chi connectivity index (χ0) is 32.6. The van der Waals surface area contributed by atoms with Crippen LogP contribution in [0, 0.1) is 0 Å². The van der Waals surface area contributed by atoms with Crippen molar-refractivity contribution in [3.63, 3.8) is 0 Å². The van der Waals surface area contributed by atoms with Crippen molar-refractivity contribution in [2.45, 2.75) is 0 Å². The number of nitrogens with zero attached hydrogens (tertiary/aromatic N) is 2. The molecule has 5 nitrogen and oxygen atoms in total. The Morgan fingerprint density at radius 2 is 1.02 bits per heavy atom. The largest absolute Gasteiger partial charge is 0.386 e. The van der Waals surface area contributed by atoms with Crippen LogP contribution in [-0.2, 0) is 0 Å². The van der Waals surface area contributed by atoms with Gasteiger partial charge in [0, 0.05) is 45.1 Å². The van der Waals surface area contributed by atoms with E-state index in [0.717, 1.165) is 44.4 Å². The van der Waals surface area contributed by atoms with Gasteiger partial charge in [0.15, 0.2) is 0 Å². The number of para-hydroxylation sites is 3. The van der Waals surface area contributed by atoms with Gasteiger partial charge in [-0.2, -0.15) is 0 Å². The van der Waals surface area contributed by atoms with Gasteiger partial charge in [0.25, 0.3) is 5.56 Å². The molecule has 0 spiro atoms. The molecule has 0 saturated carbocycles. The molecule has 0 aliphatic heterocycles. The van der Waals surface area contributed by atoms with Crippen molar-refractivity contribution >= 4 is 71.0 Å². The van der Waals surface area contributed by atoms with E-state index in [1.54, 1.807) is 0 Å². The van der Waals surface area contributed by atoms with Crippen LogP contribution in [0.4, 0.5) is 5.69 Å². The Morgan fingerprint density at radius 3 is 1.67 bits per heavy atom. The summed E-state index contributed by atoms with van der Waals surface area (Å²) >= 11 is 0. The van der Waals surface area contributed by atoms with Crippen LogP contribution in [0.2, 0.25) is 0 Å². The first-order chi connectivity index (χ1) is 24.2. The predicted octanol–water partition coefficient (Wildman–Crippen LogP) is 10.6. The van der Waals surface area contributed by atoms with E-state index in [1.807, 2.05) is 31.3 Å². The number of hydrogen-bond donors (Lipinski definition) is 2. The van der Waals surface area contributed by atoms with Crippen molar-refractivity contribution in [2.75, 3.05) is 12.4 Å². The van der Waals surface area contributed by atoms with Gasteiger partial charge in [-0.05, 0) is 83.2 Å². The van der Waals surface area contributed by atoms with Crippen LogP contribution in [0.15, 0.2) is 156 Å². The van der Waals surface area contributed by atoms with Crippen LogP contribution in [0.1, 0.15) is 0 Å². The highest BCUT2D eigenvalue weighted by Crippen LogP contribution is 2.40. The summed E-state index contributed by atoms with van der Waals surface area (Å²) in [5.41, 5.74) is 10.7. The third kappa shape index (κ3) is 3.96. The third-order valence-corrected chi connectivity index (χ3v) is 10.1. The second kappa shape index (κ2) is 10.5. The molecule has 0 radical (unpaired) electrons. The molecule has 0 atom stereocenters. The number of rotatable bonds is 4. The molecule has 0 bridgehead atoms. The summed E-state index contributed by atoms with van der Waals surface area (Å²) < 4.78 is 4.70. The zero-order valence-electron chi connectivity index (χ0n) is 26.7. The number of fused-ring (bicyclic) bond motifs is 9. The topological polar surface area (TPSA) is 54.8 Å². The van der Waals surface area contributed by atoms with Crippen LogP contribution >= 0.6 is 0 Å². The van der Waals surface area contributed by atoms with E-state index in [2.05, 4.69) is 147 Å². The quantitative estimate of drug-likeness (QED) is 0.190. The van der Waals surface area contributed by atoms with Crippen LogP contribution < -0.4 is 10.9 Å². The van der Waals surface area contributed by atoms with Gasteiger partial charge in [0.2, 0.25) is 0 Å². The smallest absolute Gasteiger partial charge is 0.256 e. The Balaban J connectivity index is 1.23. The van der Waals surface area contributed by atoms with Crippen molar-refractivity contribution in [3.05, 3.63) is 162 Å². The predicted molar refractivity (Wildman–Crippen MR) is 206 cm³/mol. The van der Waals surface area contributed by atoms with Gasteiger partial charge < -0.3 is 19.4 Å². The maximum absolute atomic E-state index is 13.2. The van der Waals surface area contributed by atoms with Crippen LogP contribution in [0.3, 0.4) is 0 Å². The molecule has 0 amide bonds. The van der Waals surface area contributed by atoms with Gasteiger partial charge >= 0.3 is 0 Å². The molecule has 232 valence electrons. The summed E-state index contributed by atoms with van der Waals surface area (Å²) in [6.07, 6.45) is 0. The van der Waals surface area contributed by atoms with Crippen LogP contribution in [0.25, 0.3) is 87.8 Å². The number of hydrogen-bond acceptors (Lipinski definition) is 2. The Morgan fingerprint density at radius 1 is 0.490 bits per heavy atom. The first-order valence-corrected chi connectivity index (χ1v) is 16.6. The molecule has 0 aliphatic carbocycles. The molecule has 0 unspecified atom stereocenters. The summed E-state index contributed by atoms with van der Waals surface area (Å²) in [6, 6.07) is 53.6. The second-order valence-electron chi connectivity index (χ2n) is 12.6. The molecule has 0 fully saturated rings. The second-order valence-corrected chi connectivity index (χ2v) is 12.6. The zero-order valence-corrected chi connectivity index (χ0v) is 26.7. The molecule has 0 saturated heterocycles. The molecule has 3 heterocycles. The van der Waals surface area contributed by atoms with Gasteiger partial charge in [-0.3, -0.25) is 4.79 Å². The minimum Gasteiger partial charge on any atom is -0.386 e. The molecular weight excluding hydrogens is 601 g/mol. The van der Waals surface area contributed by atoms with Crippen molar-refractivity contribution in [2.24, 2.45) is 0 Å².